The van der Waals surface area contributed by atoms with Crippen molar-refractivity contribution in [2.45, 2.75) is 6.92 Å². The highest BCUT2D eigenvalue weighted by atomic mass is 16.7. The number of hydroxylamine groups is 1. The van der Waals surface area contributed by atoms with Crippen LogP contribution in [0.4, 0.5) is 4.79 Å². The molecule has 0 aromatic carbocycles. The fourth-order valence-corrected chi connectivity index (χ4v) is 0.614. The Labute approximate surface area is 85.9 Å². The second-order valence-corrected chi connectivity index (χ2v) is 2.52. The van der Waals surface area contributed by atoms with Crippen LogP contribution in [0, 0.1) is 0 Å². The van der Waals surface area contributed by atoms with Crippen LogP contribution in [0.5, 0.6) is 0 Å². The van der Waals surface area contributed by atoms with Crippen molar-refractivity contribution in [1.29, 1.82) is 0 Å². The van der Waals surface area contributed by atoms with Crippen LogP contribution >= 0.6 is 0 Å². The summed E-state index contributed by atoms with van der Waals surface area (Å²) >= 11 is 0. The normalized spacial score (nSPS) is 9.13. The van der Waals surface area contributed by atoms with Gasteiger partial charge in [-0.3, -0.25) is 9.63 Å². The lowest BCUT2D eigenvalue weighted by Crippen LogP contribution is -2.40. The molecular formula is C7H13N3O5. The number of rotatable bonds is 6. The van der Waals surface area contributed by atoms with E-state index in [1.807, 2.05) is 5.48 Å². The van der Waals surface area contributed by atoms with Gasteiger partial charge in [-0.25, -0.2) is 15.1 Å². The number of amides is 3. The summed E-state index contributed by atoms with van der Waals surface area (Å²) in [7, 11) is 0. The number of carboxylic acid groups (broad SMARTS) is 1. The zero-order valence-corrected chi connectivity index (χ0v) is 8.20. The molecule has 4 N–H and O–H groups in total. The molecule has 0 saturated carbocycles. The van der Waals surface area contributed by atoms with Gasteiger partial charge >= 0.3 is 12.0 Å². The van der Waals surface area contributed by atoms with Crippen LogP contribution in [0.3, 0.4) is 0 Å². The molecule has 0 aliphatic heterocycles. The van der Waals surface area contributed by atoms with Crippen LogP contribution < -0.4 is 16.1 Å². The summed E-state index contributed by atoms with van der Waals surface area (Å²) in [5.74, 6) is -1.38. The van der Waals surface area contributed by atoms with Crippen molar-refractivity contribution in [2.24, 2.45) is 0 Å². The van der Waals surface area contributed by atoms with E-state index in [4.69, 9.17) is 5.11 Å². The van der Waals surface area contributed by atoms with E-state index >= 15 is 0 Å². The monoisotopic (exact) mass is 219 g/mol. The lowest BCUT2D eigenvalue weighted by Gasteiger charge is -2.06. The van der Waals surface area contributed by atoms with Crippen LogP contribution in [0.25, 0.3) is 0 Å². The van der Waals surface area contributed by atoms with Gasteiger partial charge in [-0.05, 0) is 0 Å². The summed E-state index contributed by atoms with van der Waals surface area (Å²) in [4.78, 5) is 35.5. The van der Waals surface area contributed by atoms with Crippen molar-refractivity contribution >= 4 is 17.9 Å². The minimum absolute atomic E-state index is 0.195. The van der Waals surface area contributed by atoms with Crippen LogP contribution in [0.1, 0.15) is 6.92 Å². The quantitative estimate of drug-likeness (QED) is 0.318. The van der Waals surface area contributed by atoms with E-state index in [1.165, 1.54) is 6.92 Å². The fourth-order valence-electron chi connectivity index (χ4n) is 0.614. The van der Waals surface area contributed by atoms with Gasteiger partial charge in [0, 0.05) is 20.0 Å². The lowest BCUT2D eigenvalue weighted by atomic mass is 10.6. The second kappa shape index (κ2) is 7.56. The van der Waals surface area contributed by atoms with Crippen LogP contribution in [-0.2, 0) is 14.4 Å². The number of hydrogen-bond donors (Lipinski definition) is 4. The van der Waals surface area contributed by atoms with Gasteiger partial charge in [0.25, 0.3) is 0 Å². The van der Waals surface area contributed by atoms with Crippen molar-refractivity contribution in [3.8, 4) is 0 Å². The average Bonchev–Trinajstić information content (AvgIpc) is 2.11. The van der Waals surface area contributed by atoms with Gasteiger partial charge in [-0.2, -0.15) is 0 Å². The lowest BCUT2D eigenvalue weighted by molar-refractivity contribution is -0.144. The Morgan fingerprint density at radius 3 is 2.33 bits per heavy atom. The highest BCUT2D eigenvalue weighted by molar-refractivity contribution is 5.74. The number of nitrogens with one attached hydrogen (secondary N) is 3. The molecule has 0 fully saturated rings. The molecule has 0 aliphatic carbocycles. The van der Waals surface area contributed by atoms with E-state index in [0.29, 0.717) is 6.54 Å². The minimum atomic E-state index is -1.19. The van der Waals surface area contributed by atoms with Crippen molar-refractivity contribution in [3.63, 3.8) is 0 Å². The van der Waals surface area contributed by atoms with E-state index in [2.05, 4.69) is 15.5 Å². The van der Waals surface area contributed by atoms with Crippen LogP contribution in [0.15, 0.2) is 0 Å². The largest absolute Gasteiger partial charge is 0.479 e. The summed E-state index contributed by atoms with van der Waals surface area (Å²) in [6.07, 6.45) is 0. The number of aliphatic carboxylic acids is 1. The average molecular weight is 219 g/mol. The zero-order chi connectivity index (χ0) is 11.7. The van der Waals surface area contributed by atoms with Gasteiger partial charge in [-0.15, -0.1) is 0 Å². The molecule has 0 aliphatic rings. The first-order valence-corrected chi connectivity index (χ1v) is 4.14. The van der Waals surface area contributed by atoms with Gasteiger partial charge in [0.05, 0.1) is 0 Å². The second-order valence-electron chi connectivity index (χ2n) is 2.52. The predicted octanol–water partition coefficient (Wildman–Crippen LogP) is -1.56. The smallest absolute Gasteiger partial charge is 0.338 e. The van der Waals surface area contributed by atoms with Crippen molar-refractivity contribution in [3.05, 3.63) is 0 Å². The summed E-state index contributed by atoms with van der Waals surface area (Å²) in [5, 5.41) is 12.9. The summed E-state index contributed by atoms with van der Waals surface area (Å²) < 4.78 is 0. The van der Waals surface area contributed by atoms with Crippen LogP contribution in [0.2, 0.25) is 0 Å². The molecule has 0 heterocycles. The van der Waals surface area contributed by atoms with Gasteiger partial charge in [0.2, 0.25) is 5.91 Å². The highest BCUT2D eigenvalue weighted by Gasteiger charge is 2.01. The molecule has 0 radical (unpaired) electrons. The highest BCUT2D eigenvalue weighted by Crippen LogP contribution is 1.70. The molecule has 15 heavy (non-hydrogen) atoms. The summed E-state index contributed by atoms with van der Waals surface area (Å²) in [5.41, 5.74) is 1.86. The molecular weight excluding hydrogens is 206 g/mol. The molecule has 8 heteroatoms. The van der Waals surface area contributed by atoms with Crippen LogP contribution in [-0.4, -0.2) is 42.7 Å². The maximum atomic E-state index is 10.8. The Bertz CT molecular complexity index is 243. The molecule has 0 rings (SSSR count). The number of carbonyl (C=O) groups is 3. The van der Waals surface area contributed by atoms with E-state index in [-0.39, 0.29) is 12.5 Å². The molecule has 0 aromatic heterocycles. The van der Waals surface area contributed by atoms with Crippen molar-refractivity contribution in [2.75, 3.05) is 19.7 Å². The van der Waals surface area contributed by atoms with E-state index in [9.17, 15) is 14.4 Å². The number of hydrogen-bond acceptors (Lipinski definition) is 4. The Morgan fingerprint density at radius 2 is 1.80 bits per heavy atom. The number of carbonyl (C=O) groups excluding carboxylic acids is 2. The Balaban J connectivity index is 3.33. The Kier molecular flexibility index (Phi) is 6.64. The third-order valence-corrected chi connectivity index (χ3v) is 1.15. The maximum absolute atomic E-state index is 10.8. The van der Waals surface area contributed by atoms with Crippen molar-refractivity contribution in [1.82, 2.24) is 16.1 Å². The van der Waals surface area contributed by atoms with E-state index in [0.717, 1.165) is 0 Å². The first kappa shape index (κ1) is 13.2. The summed E-state index contributed by atoms with van der Waals surface area (Å²) in [6.45, 7) is 1.26. The summed E-state index contributed by atoms with van der Waals surface area (Å²) in [6, 6.07) is -0.665. The standard InChI is InChI=1S/C7H13N3O5/c1-5(11)8-2-3-9-7(14)10-15-4-6(12)13/h2-4H2,1H3,(H,8,11)(H,12,13)(H2,9,10,14). The fraction of sp³-hybridized carbons (Fsp3) is 0.571. The molecule has 0 unspecified atom stereocenters. The first-order chi connectivity index (χ1) is 7.02. The predicted molar refractivity (Wildman–Crippen MR) is 48.8 cm³/mol. The van der Waals surface area contributed by atoms with E-state index in [1.54, 1.807) is 0 Å². The zero-order valence-electron chi connectivity index (χ0n) is 8.20. The third kappa shape index (κ3) is 10.1. The molecule has 0 bridgehead atoms. The topological polar surface area (TPSA) is 117 Å². The maximum Gasteiger partial charge on any atom is 0.338 e. The SMILES string of the molecule is CC(=O)NCCNC(=O)NOCC(=O)O. The molecule has 86 valence electrons. The van der Waals surface area contributed by atoms with Crippen molar-refractivity contribution < 1.29 is 24.3 Å². The minimum Gasteiger partial charge on any atom is -0.479 e. The Hall–Kier alpha value is -1.83. The molecule has 0 spiro atoms. The van der Waals surface area contributed by atoms with Gasteiger partial charge < -0.3 is 15.7 Å². The third-order valence-electron chi connectivity index (χ3n) is 1.15. The Morgan fingerprint density at radius 1 is 1.20 bits per heavy atom. The number of urea groups is 1. The van der Waals surface area contributed by atoms with E-state index < -0.39 is 18.6 Å². The van der Waals surface area contributed by atoms with Gasteiger partial charge in [0.15, 0.2) is 6.61 Å². The van der Waals surface area contributed by atoms with Gasteiger partial charge in [0.1, 0.15) is 0 Å². The number of carboxylic acids is 1. The molecule has 3 amide bonds. The molecule has 0 saturated heterocycles. The molecule has 0 atom stereocenters. The first-order valence-electron chi connectivity index (χ1n) is 4.14. The molecule has 0 aromatic rings. The van der Waals surface area contributed by atoms with Gasteiger partial charge in [-0.1, -0.05) is 0 Å². The molecule has 8 nitrogen and oxygen atoms in total.